The lowest BCUT2D eigenvalue weighted by Gasteiger charge is -2.21. The average molecular weight is 552 g/mol. The van der Waals surface area contributed by atoms with E-state index in [1.54, 1.807) is 36.4 Å². The highest BCUT2D eigenvalue weighted by molar-refractivity contribution is 9.10. The third-order valence-electron chi connectivity index (χ3n) is 4.58. The number of amidine groups is 1. The summed E-state index contributed by atoms with van der Waals surface area (Å²) in [5.41, 5.74) is 1.38. The quantitative estimate of drug-likeness (QED) is 0.196. The molecule has 0 fully saturated rings. The van der Waals surface area contributed by atoms with Crippen molar-refractivity contribution in [3.8, 4) is 0 Å². The molecule has 0 aromatic heterocycles. The van der Waals surface area contributed by atoms with Crippen molar-refractivity contribution < 1.29 is 9.72 Å². The van der Waals surface area contributed by atoms with Crippen molar-refractivity contribution in [2.75, 3.05) is 4.90 Å². The topological polar surface area (TPSA) is 75.8 Å². The number of hydrogen-bond donors (Lipinski definition) is 0. The van der Waals surface area contributed by atoms with E-state index in [1.165, 1.54) is 17.0 Å². The van der Waals surface area contributed by atoms with Crippen LogP contribution in [-0.2, 0) is 4.79 Å². The maximum atomic E-state index is 13.5. The SMILES string of the molecule is O=C1/C(=C\c2ccc(Cl)cc2Cl)N=C(c2ccccc2)N1c1c(Cl)cc([N+](=O)[O-])cc1Br. The number of rotatable bonds is 4. The molecule has 32 heavy (non-hydrogen) atoms. The highest BCUT2D eigenvalue weighted by Crippen LogP contribution is 2.41. The number of anilines is 1. The number of carbonyl (C=O) groups is 1. The van der Waals surface area contributed by atoms with Crippen molar-refractivity contribution >= 4 is 79.9 Å². The molecule has 0 bridgehead atoms. The van der Waals surface area contributed by atoms with Crippen LogP contribution < -0.4 is 4.90 Å². The molecule has 3 aromatic carbocycles. The van der Waals surface area contributed by atoms with Crippen molar-refractivity contribution in [2.24, 2.45) is 4.99 Å². The summed E-state index contributed by atoms with van der Waals surface area (Å²) in [6, 6.07) is 16.4. The first-order valence-corrected chi connectivity index (χ1v) is 11.0. The first-order chi connectivity index (χ1) is 15.3. The van der Waals surface area contributed by atoms with E-state index >= 15 is 0 Å². The van der Waals surface area contributed by atoms with Crippen molar-refractivity contribution in [2.45, 2.75) is 0 Å². The molecule has 10 heteroatoms. The highest BCUT2D eigenvalue weighted by atomic mass is 79.9. The number of halogens is 4. The monoisotopic (exact) mass is 549 g/mol. The molecular weight excluding hydrogens is 541 g/mol. The fraction of sp³-hybridized carbons (Fsp3) is 0. The summed E-state index contributed by atoms with van der Waals surface area (Å²) in [5, 5.41) is 12.0. The molecule has 0 atom stereocenters. The van der Waals surface area contributed by atoms with E-state index in [2.05, 4.69) is 20.9 Å². The maximum Gasteiger partial charge on any atom is 0.282 e. The second-order valence-electron chi connectivity index (χ2n) is 6.65. The van der Waals surface area contributed by atoms with Gasteiger partial charge in [0.25, 0.3) is 11.6 Å². The van der Waals surface area contributed by atoms with Gasteiger partial charge in [-0.05, 0) is 39.7 Å². The number of amides is 1. The standard InChI is InChI=1S/C22H11BrCl3N3O3/c23-16-10-15(29(31)32)11-18(26)20(16)28-21(12-4-2-1-3-5-12)27-19(22(28)30)8-13-6-7-14(24)9-17(13)25/h1-11H/b19-8+. The molecule has 0 saturated carbocycles. The van der Waals surface area contributed by atoms with E-state index in [0.29, 0.717) is 27.0 Å². The van der Waals surface area contributed by atoms with Crippen LogP contribution in [0.2, 0.25) is 15.1 Å². The number of hydrogen-bond acceptors (Lipinski definition) is 4. The van der Waals surface area contributed by atoms with Crippen LogP contribution in [0.1, 0.15) is 11.1 Å². The average Bonchev–Trinajstić information content (AvgIpc) is 3.06. The molecule has 0 aliphatic carbocycles. The first kappa shape index (κ1) is 22.5. The van der Waals surface area contributed by atoms with Gasteiger partial charge in [-0.3, -0.25) is 19.8 Å². The number of non-ortho nitro benzene ring substituents is 1. The Morgan fingerprint density at radius 1 is 1.00 bits per heavy atom. The molecule has 1 heterocycles. The van der Waals surface area contributed by atoms with Crippen LogP contribution in [0.5, 0.6) is 0 Å². The predicted octanol–water partition coefficient (Wildman–Crippen LogP) is 7.15. The third kappa shape index (κ3) is 4.29. The first-order valence-electron chi connectivity index (χ1n) is 9.05. The molecule has 0 unspecified atom stereocenters. The minimum Gasteiger partial charge on any atom is -0.266 e. The smallest absolute Gasteiger partial charge is 0.266 e. The Labute approximate surface area is 206 Å². The molecule has 0 saturated heterocycles. The highest BCUT2D eigenvalue weighted by Gasteiger charge is 2.35. The second-order valence-corrected chi connectivity index (χ2v) is 8.76. The number of carbonyl (C=O) groups excluding carboxylic acids is 1. The summed E-state index contributed by atoms with van der Waals surface area (Å²) in [7, 11) is 0. The van der Waals surface area contributed by atoms with E-state index in [0.717, 1.165) is 0 Å². The summed E-state index contributed by atoms with van der Waals surface area (Å²) in [5.74, 6) is -0.144. The van der Waals surface area contributed by atoms with Crippen LogP contribution in [0.15, 0.2) is 75.8 Å². The molecule has 0 N–H and O–H groups in total. The predicted molar refractivity (Wildman–Crippen MR) is 131 cm³/mol. The van der Waals surface area contributed by atoms with Gasteiger partial charge in [0, 0.05) is 27.7 Å². The molecule has 1 amide bonds. The van der Waals surface area contributed by atoms with Crippen LogP contribution in [-0.4, -0.2) is 16.7 Å². The van der Waals surface area contributed by atoms with Gasteiger partial charge in [-0.1, -0.05) is 71.2 Å². The Balaban J connectivity index is 1.89. The van der Waals surface area contributed by atoms with Crippen LogP contribution in [0.25, 0.3) is 6.08 Å². The molecule has 0 radical (unpaired) electrons. The summed E-state index contributed by atoms with van der Waals surface area (Å²) >= 11 is 21.9. The van der Waals surface area contributed by atoms with Crippen LogP contribution in [0.3, 0.4) is 0 Å². The zero-order valence-corrected chi connectivity index (χ0v) is 19.8. The number of nitrogens with zero attached hydrogens (tertiary/aromatic N) is 3. The number of nitro groups is 1. The van der Waals surface area contributed by atoms with Gasteiger partial charge in [0.05, 0.1) is 20.1 Å². The lowest BCUT2D eigenvalue weighted by atomic mass is 10.1. The number of aliphatic imine (C=N–C) groups is 1. The van der Waals surface area contributed by atoms with Gasteiger partial charge in [-0.15, -0.1) is 0 Å². The molecule has 6 nitrogen and oxygen atoms in total. The van der Waals surface area contributed by atoms with E-state index in [-0.39, 0.29) is 26.6 Å². The molecule has 4 rings (SSSR count). The van der Waals surface area contributed by atoms with E-state index < -0.39 is 10.8 Å². The van der Waals surface area contributed by atoms with Gasteiger partial charge >= 0.3 is 0 Å². The Bertz CT molecular complexity index is 1300. The Morgan fingerprint density at radius 2 is 1.72 bits per heavy atom. The van der Waals surface area contributed by atoms with E-state index in [9.17, 15) is 14.9 Å². The minimum absolute atomic E-state index is 0.0221. The van der Waals surface area contributed by atoms with Gasteiger partial charge in [-0.2, -0.15) is 0 Å². The van der Waals surface area contributed by atoms with E-state index in [4.69, 9.17) is 34.8 Å². The van der Waals surface area contributed by atoms with Crippen molar-refractivity contribution in [1.29, 1.82) is 0 Å². The Kier molecular flexibility index (Phi) is 6.35. The molecule has 1 aliphatic rings. The van der Waals surface area contributed by atoms with Gasteiger partial charge in [-0.25, -0.2) is 4.99 Å². The van der Waals surface area contributed by atoms with Crippen LogP contribution in [0, 0.1) is 10.1 Å². The van der Waals surface area contributed by atoms with Crippen molar-refractivity contribution in [3.63, 3.8) is 0 Å². The van der Waals surface area contributed by atoms with Crippen LogP contribution >= 0.6 is 50.7 Å². The Hall–Kier alpha value is -2.71. The molecule has 0 spiro atoms. The number of nitro benzene ring substituents is 1. The second kappa shape index (κ2) is 9.03. The Morgan fingerprint density at radius 3 is 2.34 bits per heavy atom. The maximum absolute atomic E-state index is 13.5. The lowest BCUT2D eigenvalue weighted by Crippen LogP contribution is -2.33. The zero-order chi connectivity index (χ0) is 23.0. The molecule has 1 aliphatic heterocycles. The summed E-state index contributed by atoms with van der Waals surface area (Å²) < 4.78 is 0.277. The largest absolute Gasteiger partial charge is 0.282 e. The van der Waals surface area contributed by atoms with Crippen molar-refractivity contribution in [3.05, 3.63) is 107 Å². The third-order valence-corrected chi connectivity index (χ3v) is 6.04. The zero-order valence-electron chi connectivity index (χ0n) is 15.9. The van der Waals surface area contributed by atoms with Gasteiger partial charge in [0.15, 0.2) is 0 Å². The molecule has 160 valence electrons. The fourth-order valence-electron chi connectivity index (χ4n) is 3.14. The van der Waals surface area contributed by atoms with Gasteiger partial charge in [0.1, 0.15) is 11.5 Å². The number of benzene rings is 3. The molecular formula is C22H11BrCl3N3O3. The summed E-state index contributed by atoms with van der Waals surface area (Å²) in [6.45, 7) is 0. The summed E-state index contributed by atoms with van der Waals surface area (Å²) in [6.07, 6.45) is 1.55. The fourth-order valence-corrected chi connectivity index (χ4v) is 4.64. The van der Waals surface area contributed by atoms with Gasteiger partial charge in [0.2, 0.25) is 0 Å². The normalized spacial score (nSPS) is 14.8. The van der Waals surface area contributed by atoms with Gasteiger partial charge < -0.3 is 0 Å². The van der Waals surface area contributed by atoms with E-state index in [1.807, 2.05) is 18.2 Å². The minimum atomic E-state index is -0.563. The lowest BCUT2D eigenvalue weighted by molar-refractivity contribution is -0.384. The van der Waals surface area contributed by atoms with Crippen LogP contribution in [0.4, 0.5) is 11.4 Å². The summed E-state index contributed by atoms with van der Waals surface area (Å²) in [4.78, 5) is 29.9. The molecule has 3 aromatic rings. The van der Waals surface area contributed by atoms with Crippen molar-refractivity contribution in [1.82, 2.24) is 0 Å².